The van der Waals surface area contributed by atoms with Gasteiger partial charge in [-0.1, -0.05) is 30.3 Å². The van der Waals surface area contributed by atoms with E-state index in [0.717, 1.165) is 29.2 Å². The van der Waals surface area contributed by atoms with Crippen molar-refractivity contribution in [3.8, 4) is 5.75 Å². The second-order valence-electron chi connectivity index (χ2n) is 6.42. The number of hydrogen-bond acceptors (Lipinski definition) is 5. The molecule has 1 N–H and O–H groups in total. The number of amides is 1. The number of rotatable bonds is 7. The van der Waals surface area contributed by atoms with Crippen molar-refractivity contribution in [3.05, 3.63) is 66.2 Å². The Hall–Kier alpha value is -3.48. The molecule has 0 radical (unpaired) electrons. The Bertz CT molecular complexity index is 1120. The van der Waals surface area contributed by atoms with E-state index in [1.54, 1.807) is 10.7 Å². The lowest BCUT2D eigenvalue weighted by Crippen LogP contribution is -2.25. The molecule has 2 aromatic heterocycles. The Kier molecular flexibility index (Phi) is 5.14. The summed E-state index contributed by atoms with van der Waals surface area (Å²) >= 11 is 0. The molecular formula is C21H21N5O2. The van der Waals surface area contributed by atoms with Gasteiger partial charge in [-0.15, -0.1) is 0 Å². The highest BCUT2D eigenvalue weighted by Crippen LogP contribution is 2.28. The molecule has 28 heavy (non-hydrogen) atoms. The minimum absolute atomic E-state index is 0.120. The third kappa shape index (κ3) is 3.64. The van der Waals surface area contributed by atoms with Gasteiger partial charge >= 0.3 is 0 Å². The van der Waals surface area contributed by atoms with E-state index < -0.39 is 0 Å². The van der Waals surface area contributed by atoms with Crippen molar-refractivity contribution in [2.45, 2.75) is 19.8 Å². The Morgan fingerprint density at radius 3 is 2.96 bits per heavy atom. The van der Waals surface area contributed by atoms with Gasteiger partial charge in [-0.2, -0.15) is 10.1 Å². The molecule has 0 aliphatic heterocycles. The molecule has 4 rings (SSSR count). The molecule has 0 unspecified atom stereocenters. The number of ether oxygens (including phenoxy) is 1. The van der Waals surface area contributed by atoms with Gasteiger partial charge in [0.15, 0.2) is 0 Å². The highest BCUT2D eigenvalue weighted by Gasteiger charge is 2.16. The van der Waals surface area contributed by atoms with E-state index in [1.807, 2.05) is 49.5 Å². The quantitative estimate of drug-likeness (QED) is 0.502. The standard InChI is InChI=1S/C21H21N5O2/c1-2-28-18-10-9-16-7-3-4-8-17(16)19(18)20(27)22-11-5-6-15-12-23-21-24-14-25-26(21)13-15/h3-4,7-10,12-14H,2,5-6,11H2,1H3,(H,22,27). The summed E-state index contributed by atoms with van der Waals surface area (Å²) in [5, 5.41) is 9.02. The zero-order valence-corrected chi connectivity index (χ0v) is 15.6. The first kappa shape index (κ1) is 17.9. The minimum Gasteiger partial charge on any atom is -0.493 e. The predicted molar refractivity (Wildman–Crippen MR) is 107 cm³/mol. The zero-order valence-electron chi connectivity index (χ0n) is 15.6. The maximum absolute atomic E-state index is 12.9. The van der Waals surface area contributed by atoms with Gasteiger partial charge in [-0.25, -0.2) is 9.50 Å². The molecule has 7 nitrogen and oxygen atoms in total. The Labute approximate surface area is 162 Å². The van der Waals surface area contributed by atoms with Gasteiger partial charge in [-0.3, -0.25) is 4.79 Å². The van der Waals surface area contributed by atoms with Crippen LogP contribution >= 0.6 is 0 Å². The van der Waals surface area contributed by atoms with E-state index >= 15 is 0 Å². The summed E-state index contributed by atoms with van der Waals surface area (Å²) in [6, 6.07) is 11.7. The van der Waals surface area contributed by atoms with Gasteiger partial charge in [0, 0.05) is 18.9 Å². The molecule has 4 aromatic rings. The fourth-order valence-electron chi connectivity index (χ4n) is 3.23. The summed E-state index contributed by atoms with van der Waals surface area (Å²) in [4.78, 5) is 21.2. The summed E-state index contributed by atoms with van der Waals surface area (Å²) in [5.41, 5.74) is 1.64. The van der Waals surface area contributed by atoms with E-state index in [2.05, 4.69) is 20.4 Å². The number of benzene rings is 2. The van der Waals surface area contributed by atoms with Crippen LogP contribution in [0.25, 0.3) is 16.6 Å². The number of aromatic nitrogens is 4. The first-order valence-corrected chi connectivity index (χ1v) is 9.33. The van der Waals surface area contributed by atoms with Crippen LogP contribution in [0.5, 0.6) is 5.75 Å². The summed E-state index contributed by atoms with van der Waals surface area (Å²) in [6.07, 6.45) is 6.77. The molecule has 2 aromatic carbocycles. The highest BCUT2D eigenvalue weighted by atomic mass is 16.5. The normalized spacial score (nSPS) is 11.0. The van der Waals surface area contributed by atoms with Crippen LogP contribution in [0.3, 0.4) is 0 Å². The van der Waals surface area contributed by atoms with Crippen LogP contribution in [0.2, 0.25) is 0 Å². The molecule has 142 valence electrons. The van der Waals surface area contributed by atoms with Crippen molar-refractivity contribution < 1.29 is 9.53 Å². The van der Waals surface area contributed by atoms with Crippen molar-refractivity contribution in [1.82, 2.24) is 24.9 Å². The maximum atomic E-state index is 12.9. The van der Waals surface area contributed by atoms with E-state index in [-0.39, 0.29) is 5.91 Å². The highest BCUT2D eigenvalue weighted by molar-refractivity contribution is 6.09. The molecule has 2 heterocycles. The number of hydrogen-bond donors (Lipinski definition) is 1. The van der Waals surface area contributed by atoms with Crippen molar-refractivity contribution in [2.24, 2.45) is 0 Å². The number of nitrogens with one attached hydrogen (secondary N) is 1. The maximum Gasteiger partial charge on any atom is 0.255 e. The molecule has 1 amide bonds. The molecule has 0 fully saturated rings. The third-order valence-corrected chi connectivity index (χ3v) is 4.53. The summed E-state index contributed by atoms with van der Waals surface area (Å²) in [7, 11) is 0. The molecule has 0 spiro atoms. The second-order valence-corrected chi connectivity index (χ2v) is 6.42. The van der Waals surface area contributed by atoms with E-state index in [9.17, 15) is 4.79 Å². The van der Waals surface area contributed by atoms with Crippen LogP contribution in [0.4, 0.5) is 0 Å². The van der Waals surface area contributed by atoms with Gasteiger partial charge in [0.25, 0.3) is 11.7 Å². The largest absolute Gasteiger partial charge is 0.493 e. The van der Waals surface area contributed by atoms with Crippen molar-refractivity contribution in [2.75, 3.05) is 13.2 Å². The SMILES string of the molecule is CCOc1ccc2ccccc2c1C(=O)NCCCc1cnc2ncnn2c1. The van der Waals surface area contributed by atoms with Crippen molar-refractivity contribution >= 4 is 22.5 Å². The lowest BCUT2D eigenvalue weighted by atomic mass is 10.0. The molecule has 0 saturated carbocycles. The monoisotopic (exact) mass is 375 g/mol. The van der Waals surface area contributed by atoms with Crippen LogP contribution < -0.4 is 10.1 Å². The van der Waals surface area contributed by atoms with Crippen LogP contribution in [-0.4, -0.2) is 38.6 Å². The second kappa shape index (κ2) is 8.04. The first-order valence-electron chi connectivity index (χ1n) is 9.33. The number of aryl methyl sites for hydroxylation is 1. The molecule has 0 aliphatic rings. The molecule has 0 atom stereocenters. The van der Waals surface area contributed by atoms with Crippen LogP contribution in [0, 0.1) is 0 Å². The van der Waals surface area contributed by atoms with Crippen LogP contribution in [0.1, 0.15) is 29.3 Å². The van der Waals surface area contributed by atoms with Gasteiger partial charge in [0.05, 0.1) is 12.2 Å². The zero-order chi connectivity index (χ0) is 19.3. The lowest BCUT2D eigenvalue weighted by Gasteiger charge is -2.13. The summed E-state index contributed by atoms with van der Waals surface area (Å²) in [5.74, 6) is 1.07. The number of carbonyl (C=O) groups excluding carboxylic acids is 1. The number of nitrogens with zero attached hydrogens (tertiary/aromatic N) is 4. The van der Waals surface area contributed by atoms with E-state index in [1.165, 1.54) is 6.33 Å². The molecular weight excluding hydrogens is 354 g/mol. The topological polar surface area (TPSA) is 81.4 Å². The Balaban J connectivity index is 1.43. The average molecular weight is 375 g/mol. The summed E-state index contributed by atoms with van der Waals surface area (Å²) in [6.45, 7) is 2.98. The minimum atomic E-state index is -0.120. The van der Waals surface area contributed by atoms with E-state index in [0.29, 0.717) is 30.2 Å². The average Bonchev–Trinajstić information content (AvgIpc) is 3.19. The molecule has 0 saturated heterocycles. The fourth-order valence-corrected chi connectivity index (χ4v) is 3.23. The molecule has 0 bridgehead atoms. The van der Waals surface area contributed by atoms with Crippen molar-refractivity contribution in [1.29, 1.82) is 0 Å². The summed E-state index contributed by atoms with van der Waals surface area (Å²) < 4.78 is 7.34. The smallest absolute Gasteiger partial charge is 0.255 e. The van der Waals surface area contributed by atoms with Crippen molar-refractivity contribution in [3.63, 3.8) is 0 Å². The van der Waals surface area contributed by atoms with Crippen LogP contribution in [0.15, 0.2) is 55.1 Å². The Morgan fingerprint density at radius 1 is 1.18 bits per heavy atom. The predicted octanol–water partition coefficient (Wildman–Crippen LogP) is 3.04. The first-order chi connectivity index (χ1) is 13.8. The van der Waals surface area contributed by atoms with Crippen LogP contribution in [-0.2, 0) is 6.42 Å². The third-order valence-electron chi connectivity index (χ3n) is 4.53. The number of carbonyl (C=O) groups is 1. The van der Waals surface area contributed by atoms with Gasteiger partial charge < -0.3 is 10.1 Å². The van der Waals surface area contributed by atoms with Gasteiger partial charge in [0.1, 0.15) is 12.1 Å². The lowest BCUT2D eigenvalue weighted by molar-refractivity contribution is 0.0951. The van der Waals surface area contributed by atoms with Gasteiger partial charge in [0.2, 0.25) is 0 Å². The number of fused-ring (bicyclic) bond motifs is 2. The Morgan fingerprint density at radius 2 is 2.07 bits per heavy atom. The fraction of sp³-hybridized carbons (Fsp3) is 0.238. The van der Waals surface area contributed by atoms with E-state index in [4.69, 9.17) is 4.74 Å². The molecule has 0 aliphatic carbocycles. The van der Waals surface area contributed by atoms with Gasteiger partial charge in [-0.05, 0) is 42.2 Å². The molecule has 7 heteroatoms.